The minimum Gasteiger partial charge on any atom is -0.479 e. The first-order chi connectivity index (χ1) is 6.65. The number of aliphatic carboxylic acids is 1. The number of aliphatic hydroxyl groups is 1. The van der Waals surface area contributed by atoms with Crippen LogP contribution in [0.4, 0.5) is 0 Å². The molecule has 0 aromatic carbocycles. The van der Waals surface area contributed by atoms with Gasteiger partial charge in [-0.15, -0.1) is 0 Å². The van der Waals surface area contributed by atoms with Crippen molar-refractivity contribution in [3.8, 4) is 0 Å². The van der Waals surface area contributed by atoms with Crippen LogP contribution in [0, 0.1) is 0 Å². The van der Waals surface area contributed by atoms with Crippen molar-refractivity contribution in [1.29, 1.82) is 0 Å². The lowest BCUT2D eigenvalue weighted by atomic mass is 10.1. The third kappa shape index (κ3) is 1.07. The number of hydrogen-bond acceptors (Lipinski definition) is 4. The van der Waals surface area contributed by atoms with E-state index in [0.717, 1.165) is 0 Å². The highest BCUT2D eigenvalue weighted by Crippen LogP contribution is 2.36. The monoisotopic (exact) mass is 199 g/mol. The molecule has 2 fully saturated rings. The fourth-order valence-electron chi connectivity index (χ4n) is 1.66. The van der Waals surface area contributed by atoms with Crippen molar-refractivity contribution < 1.29 is 24.5 Å². The Hall–Kier alpha value is -1.56. The van der Waals surface area contributed by atoms with Gasteiger partial charge >= 0.3 is 5.97 Å². The van der Waals surface area contributed by atoms with E-state index in [1.807, 2.05) is 0 Å². The molecule has 0 saturated carbocycles. The highest BCUT2D eigenvalue weighted by Gasteiger charge is 2.53. The molecule has 2 aliphatic heterocycles. The normalized spacial score (nSPS) is 32.5. The zero-order chi connectivity index (χ0) is 10.3. The molecule has 2 saturated heterocycles. The van der Waals surface area contributed by atoms with Crippen molar-refractivity contribution >= 4 is 11.9 Å². The number of ether oxygens (including phenoxy) is 1. The molecule has 0 aromatic rings. The molecule has 14 heavy (non-hydrogen) atoms. The summed E-state index contributed by atoms with van der Waals surface area (Å²) in [6, 6.07) is -1.06. The van der Waals surface area contributed by atoms with Crippen LogP contribution < -0.4 is 0 Å². The Kier molecular flexibility index (Phi) is 1.92. The van der Waals surface area contributed by atoms with Gasteiger partial charge in [-0.05, 0) is 6.08 Å². The summed E-state index contributed by atoms with van der Waals surface area (Å²) >= 11 is 0. The minimum atomic E-state index is -1.14. The lowest BCUT2D eigenvalue weighted by Gasteiger charge is -2.33. The van der Waals surface area contributed by atoms with E-state index in [0.29, 0.717) is 0 Å². The van der Waals surface area contributed by atoms with Crippen LogP contribution in [-0.2, 0) is 14.3 Å². The molecule has 2 atom stereocenters. The number of rotatable bonds is 2. The Morgan fingerprint density at radius 2 is 2.43 bits per heavy atom. The number of fused-ring (bicyclic) bond motifs is 1. The number of carboxylic acids is 1. The molecule has 0 bridgehead atoms. The SMILES string of the molecule is O=C(O)C1C(=CCO)OC2CC(=O)N21. The number of amides is 1. The lowest BCUT2D eigenvalue weighted by molar-refractivity contribution is -0.163. The summed E-state index contributed by atoms with van der Waals surface area (Å²) in [5.74, 6) is -1.22. The first-order valence-corrected chi connectivity index (χ1v) is 4.16. The molecule has 2 rings (SSSR count). The smallest absolute Gasteiger partial charge is 0.334 e. The molecular formula is C8H9NO5. The van der Waals surface area contributed by atoms with E-state index in [1.54, 1.807) is 0 Å². The van der Waals surface area contributed by atoms with Crippen molar-refractivity contribution in [3.63, 3.8) is 0 Å². The molecule has 2 heterocycles. The molecule has 0 aliphatic carbocycles. The summed E-state index contributed by atoms with van der Waals surface area (Å²) in [4.78, 5) is 23.1. The number of carbonyl (C=O) groups is 2. The number of β-lactam (4-membered cyclic amide) rings is 1. The first kappa shape index (κ1) is 9.01. The zero-order valence-electron chi connectivity index (χ0n) is 7.21. The van der Waals surface area contributed by atoms with Crippen LogP contribution in [-0.4, -0.2) is 45.9 Å². The van der Waals surface area contributed by atoms with Crippen LogP contribution in [0.1, 0.15) is 6.42 Å². The number of nitrogens with zero attached hydrogens (tertiary/aromatic N) is 1. The van der Waals surface area contributed by atoms with E-state index in [4.69, 9.17) is 14.9 Å². The average Bonchev–Trinajstić information content (AvgIpc) is 2.39. The van der Waals surface area contributed by atoms with E-state index in [9.17, 15) is 9.59 Å². The third-order valence-corrected chi connectivity index (χ3v) is 2.29. The highest BCUT2D eigenvalue weighted by molar-refractivity contribution is 5.91. The fraction of sp³-hybridized carbons (Fsp3) is 0.500. The third-order valence-electron chi connectivity index (χ3n) is 2.29. The van der Waals surface area contributed by atoms with Crippen molar-refractivity contribution in [2.45, 2.75) is 18.7 Å². The average molecular weight is 199 g/mol. The van der Waals surface area contributed by atoms with Gasteiger partial charge in [-0.25, -0.2) is 4.79 Å². The van der Waals surface area contributed by atoms with E-state index in [1.165, 1.54) is 11.0 Å². The minimum absolute atomic E-state index is 0.149. The molecule has 6 heteroatoms. The van der Waals surface area contributed by atoms with Gasteiger partial charge in [-0.3, -0.25) is 9.69 Å². The van der Waals surface area contributed by atoms with Crippen molar-refractivity contribution in [2.24, 2.45) is 0 Å². The predicted octanol–water partition coefficient (Wildman–Crippen LogP) is -1.10. The lowest BCUT2D eigenvalue weighted by Crippen LogP contribution is -2.54. The van der Waals surface area contributed by atoms with E-state index < -0.39 is 18.2 Å². The summed E-state index contributed by atoms with van der Waals surface area (Å²) < 4.78 is 5.17. The Labute approximate surface area is 79.4 Å². The quantitative estimate of drug-likeness (QED) is 0.551. The predicted molar refractivity (Wildman–Crippen MR) is 42.9 cm³/mol. The van der Waals surface area contributed by atoms with Crippen LogP contribution in [0.25, 0.3) is 0 Å². The summed E-state index contributed by atoms with van der Waals surface area (Å²) in [5, 5.41) is 17.5. The summed E-state index contributed by atoms with van der Waals surface area (Å²) in [6.45, 7) is -0.298. The molecule has 2 unspecified atom stereocenters. The molecule has 1 amide bonds. The fourth-order valence-corrected chi connectivity index (χ4v) is 1.66. The second kappa shape index (κ2) is 2.98. The van der Waals surface area contributed by atoms with Gasteiger partial charge in [0.25, 0.3) is 0 Å². The van der Waals surface area contributed by atoms with Gasteiger partial charge in [0.05, 0.1) is 13.0 Å². The summed E-state index contributed by atoms with van der Waals surface area (Å²) in [5.41, 5.74) is 0. The van der Waals surface area contributed by atoms with E-state index >= 15 is 0 Å². The van der Waals surface area contributed by atoms with Gasteiger partial charge in [0.2, 0.25) is 5.91 Å². The van der Waals surface area contributed by atoms with Crippen LogP contribution >= 0.6 is 0 Å². The molecule has 2 aliphatic rings. The first-order valence-electron chi connectivity index (χ1n) is 4.16. The van der Waals surface area contributed by atoms with E-state index in [2.05, 4.69) is 0 Å². The van der Waals surface area contributed by atoms with Crippen LogP contribution in [0.15, 0.2) is 11.8 Å². The Bertz CT molecular complexity index is 324. The Morgan fingerprint density at radius 3 is 2.93 bits per heavy atom. The summed E-state index contributed by atoms with van der Waals surface area (Å²) in [6.07, 6.45) is 1.03. The number of aliphatic hydroxyl groups excluding tert-OH is 1. The number of hydrogen-bond donors (Lipinski definition) is 2. The zero-order valence-corrected chi connectivity index (χ0v) is 7.21. The van der Waals surface area contributed by atoms with Gasteiger partial charge < -0.3 is 14.9 Å². The maximum absolute atomic E-state index is 11.1. The van der Waals surface area contributed by atoms with Gasteiger partial charge in [-0.2, -0.15) is 0 Å². The van der Waals surface area contributed by atoms with E-state index in [-0.39, 0.29) is 24.7 Å². The van der Waals surface area contributed by atoms with Crippen molar-refractivity contribution in [3.05, 3.63) is 11.8 Å². The summed E-state index contributed by atoms with van der Waals surface area (Å²) in [7, 11) is 0. The molecule has 6 nitrogen and oxygen atoms in total. The number of carbonyl (C=O) groups excluding carboxylic acids is 1. The molecule has 0 radical (unpaired) electrons. The molecular weight excluding hydrogens is 190 g/mol. The second-order valence-corrected chi connectivity index (χ2v) is 3.11. The molecule has 76 valence electrons. The number of carboxylic acid groups (broad SMARTS) is 1. The van der Waals surface area contributed by atoms with Crippen molar-refractivity contribution in [2.75, 3.05) is 6.61 Å². The Balaban J connectivity index is 2.26. The van der Waals surface area contributed by atoms with Crippen molar-refractivity contribution in [1.82, 2.24) is 4.90 Å². The second-order valence-electron chi connectivity index (χ2n) is 3.11. The Morgan fingerprint density at radius 1 is 1.71 bits per heavy atom. The van der Waals surface area contributed by atoms with Gasteiger partial charge in [0, 0.05) is 0 Å². The van der Waals surface area contributed by atoms with Gasteiger partial charge in [0.1, 0.15) is 5.76 Å². The molecule has 0 aromatic heterocycles. The standard InChI is InChI=1S/C8H9NO5/c10-2-1-4-7(8(12)13)9-5(11)3-6(9)14-4/h1,6-7,10H,2-3H2,(H,12,13). The molecule has 2 N–H and O–H groups in total. The topological polar surface area (TPSA) is 87.1 Å². The van der Waals surface area contributed by atoms with Crippen LogP contribution in [0.2, 0.25) is 0 Å². The van der Waals surface area contributed by atoms with Crippen LogP contribution in [0.5, 0.6) is 0 Å². The van der Waals surface area contributed by atoms with Gasteiger partial charge in [-0.1, -0.05) is 0 Å². The van der Waals surface area contributed by atoms with Crippen LogP contribution in [0.3, 0.4) is 0 Å². The molecule has 0 spiro atoms. The largest absolute Gasteiger partial charge is 0.479 e. The highest BCUT2D eigenvalue weighted by atomic mass is 16.5. The maximum atomic E-state index is 11.1. The van der Waals surface area contributed by atoms with Gasteiger partial charge in [0.15, 0.2) is 12.3 Å². The maximum Gasteiger partial charge on any atom is 0.334 e.